The average Bonchev–Trinajstić information content (AvgIpc) is 3.29. The van der Waals surface area contributed by atoms with Gasteiger partial charge in [0, 0.05) is 50.0 Å². The topological polar surface area (TPSA) is 70.6 Å². The zero-order valence-electron chi connectivity index (χ0n) is 19.5. The molecule has 7 heteroatoms. The number of aromatic nitrogens is 2. The molecule has 0 radical (unpaired) electrons. The number of carbonyl (C=O) groups is 1. The smallest absolute Gasteiger partial charge is 0.259 e. The molecule has 1 amide bonds. The predicted molar refractivity (Wildman–Crippen MR) is 132 cm³/mol. The minimum atomic E-state index is -0.0683. The number of amides is 1. The Kier molecular flexibility index (Phi) is 7.07. The molecule has 0 aliphatic carbocycles. The number of benzene rings is 2. The summed E-state index contributed by atoms with van der Waals surface area (Å²) in [6, 6.07) is 17.9. The first-order valence-electron chi connectivity index (χ1n) is 11.4. The van der Waals surface area contributed by atoms with E-state index in [1.165, 1.54) is 0 Å². The summed E-state index contributed by atoms with van der Waals surface area (Å²) in [5.74, 6) is 1.91. The van der Waals surface area contributed by atoms with Crippen molar-refractivity contribution in [1.29, 1.82) is 0 Å². The van der Waals surface area contributed by atoms with Gasteiger partial charge in [-0.25, -0.2) is 4.98 Å². The van der Waals surface area contributed by atoms with E-state index in [9.17, 15) is 4.79 Å². The van der Waals surface area contributed by atoms with E-state index in [2.05, 4.69) is 39.4 Å². The second-order valence-electron chi connectivity index (χ2n) is 8.53. The largest absolute Gasteiger partial charge is 0.493 e. The Morgan fingerprint density at radius 1 is 1.12 bits per heavy atom. The van der Waals surface area contributed by atoms with Gasteiger partial charge in [-0.1, -0.05) is 18.2 Å². The van der Waals surface area contributed by atoms with Crippen LogP contribution in [0.5, 0.6) is 5.75 Å². The quantitative estimate of drug-likeness (QED) is 0.526. The van der Waals surface area contributed by atoms with E-state index < -0.39 is 0 Å². The molecular weight excluding hydrogens is 414 g/mol. The Morgan fingerprint density at radius 3 is 2.73 bits per heavy atom. The molecule has 0 saturated carbocycles. The highest BCUT2D eigenvalue weighted by molar-refractivity contribution is 6.05. The molecule has 33 heavy (non-hydrogen) atoms. The van der Waals surface area contributed by atoms with E-state index in [1.54, 1.807) is 17.2 Å². The van der Waals surface area contributed by atoms with Crippen molar-refractivity contribution in [3.05, 3.63) is 71.9 Å². The number of anilines is 3. The van der Waals surface area contributed by atoms with Crippen molar-refractivity contribution in [2.24, 2.45) is 0 Å². The molecule has 0 spiro atoms. The summed E-state index contributed by atoms with van der Waals surface area (Å²) in [6.45, 7) is 6.09. The summed E-state index contributed by atoms with van der Waals surface area (Å²) in [7, 11) is 2.07. The number of ether oxygens (including phenoxy) is 1. The molecular formula is C26H31N5O2. The minimum absolute atomic E-state index is 0.0683. The maximum absolute atomic E-state index is 13.6. The van der Waals surface area contributed by atoms with Gasteiger partial charge in [0.05, 0.1) is 6.61 Å². The Hall–Kier alpha value is -3.61. The number of hydrogen-bond acceptors (Lipinski definition) is 6. The van der Waals surface area contributed by atoms with Gasteiger partial charge in [-0.15, -0.1) is 0 Å². The fourth-order valence-corrected chi connectivity index (χ4v) is 3.90. The molecule has 1 aromatic heterocycles. The van der Waals surface area contributed by atoms with E-state index in [0.29, 0.717) is 30.5 Å². The summed E-state index contributed by atoms with van der Waals surface area (Å²) in [5, 5.41) is 3.22. The number of hydrogen-bond donors (Lipinski definition) is 1. The first-order valence-corrected chi connectivity index (χ1v) is 11.4. The van der Waals surface area contributed by atoms with Crippen molar-refractivity contribution >= 4 is 23.4 Å². The number of nitrogens with one attached hydrogen (secondary N) is 1. The van der Waals surface area contributed by atoms with Gasteiger partial charge in [0.15, 0.2) is 0 Å². The molecule has 1 N–H and O–H groups in total. The Balaban J connectivity index is 1.54. The molecule has 2 heterocycles. The van der Waals surface area contributed by atoms with Crippen LogP contribution in [0.2, 0.25) is 0 Å². The standard InChI is InChI=1S/C26H31N5O2/c1-19(2)28-26-27-14-12-24(29-26)31(16-7-15-30(3)22-8-5-4-6-9-22)25(32)21-10-11-23-20(18-21)13-17-33-23/h4-6,8-12,14,18-19H,7,13,15-17H2,1-3H3,(H,27,28,29). The number of nitrogens with zero attached hydrogens (tertiary/aromatic N) is 4. The van der Waals surface area contributed by atoms with Gasteiger partial charge in [0.1, 0.15) is 11.6 Å². The van der Waals surface area contributed by atoms with Crippen LogP contribution >= 0.6 is 0 Å². The molecule has 0 saturated heterocycles. The van der Waals surface area contributed by atoms with Crippen LogP contribution in [0.25, 0.3) is 0 Å². The molecule has 1 aliphatic heterocycles. The molecule has 172 valence electrons. The zero-order chi connectivity index (χ0) is 23.2. The first-order chi connectivity index (χ1) is 16.0. The Labute approximate surface area is 195 Å². The van der Waals surface area contributed by atoms with Gasteiger partial charge < -0.3 is 15.0 Å². The maximum Gasteiger partial charge on any atom is 0.259 e. The van der Waals surface area contributed by atoms with Gasteiger partial charge in [0.25, 0.3) is 5.91 Å². The highest BCUT2D eigenvalue weighted by atomic mass is 16.5. The van der Waals surface area contributed by atoms with Gasteiger partial charge in [-0.05, 0) is 62.2 Å². The minimum Gasteiger partial charge on any atom is -0.493 e. The Bertz CT molecular complexity index is 1090. The van der Waals surface area contributed by atoms with Crippen molar-refractivity contribution in [1.82, 2.24) is 9.97 Å². The Morgan fingerprint density at radius 2 is 1.94 bits per heavy atom. The van der Waals surface area contributed by atoms with Crippen LogP contribution in [-0.2, 0) is 6.42 Å². The van der Waals surface area contributed by atoms with Crippen molar-refractivity contribution < 1.29 is 9.53 Å². The van der Waals surface area contributed by atoms with Crippen molar-refractivity contribution in [2.75, 3.05) is 41.9 Å². The van der Waals surface area contributed by atoms with E-state index in [1.807, 2.05) is 50.2 Å². The highest BCUT2D eigenvalue weighted by Crippen LogP contribution is 2.27. The van der Waals surface area contributed by atoms with Gasteiger partial charge in [0.2, 0.25) is 5.95 Å². The zero-order valence-corrected chi connectivity index (χ0v) is 19.5. The molecule has 2 aromatic carbocycles. The molecule has 7 nitrogen and oxygen atoms in total. The van der Waals surface area contributed by atoms with Crippen LogP contribution in [0, 0.1) is 0 Å². The molecule has 0 bridgehead atoms. The predicted octanol–water partition coefficient (Wildman–Crippen LogP) is 4.41. The van der Waals surface area contributed by atoms with Crippen LogP contribution in [0.15, 0.2) is 60.8 Å². The number of carbonyl (C=O) groups excluding carboxylic acids is 1. The van der Waals surface area contributed by atoms with Crippen molar-refractivity contribution in [3.8, 4) is 5.75 Å². The van der Waals surface area contributed by atoms with E-state index in [-0.39, 0.29) is 11.9 Å². The van der Waals surface area contributed by atoms with Crippen LogP contribution in [0.3, 0.4) is 0 Å². The summed E-state index contributed by atoms with van der Waals surface area (Å²) in [6.07, 6.45) is 3.32. The summed E-state index contributed by atoms with van der Waals surface area (Å²) < 4.78 is 5.60. The normalized spacial score (nSPS) is 12.2. The van der Waals surface area contributed by atoms with Crippen molar-refractivity contribution in [2.45, 2.75) is 32.7 Å². The van der Waals surface area contributed by atoms with Gasteiger partial charge in [-0.2, -0.15) is 4.98 Å². The molecule has 3 aromatic rings. The van der Waals surface area contributed by atoms with Gasteiger partial charge in [-0.3, -0.25) is 9.69 Å². The second-order valence-corrected chi connectivity index (χ2v) is 8.53. The lowest BCUT2D eigenvalue weighted by atomic mass is 10.1. The second kappa shape index (κ2) is 10.3. The third-order valence-corrected chi connectivity index (χ3v) is 5.59. The van der Waals surface area contributed by atoms with Crippen LogP contribution < -0.4 is 19.9 Å². The maximum atomic E-state index is 13.6. The molecule has 0 fully saturated rings. The average molecular weight is 446 g/mol. The fourth-order valence-electron chi connectivity index (χ4n) is 3.90. The molecule has 0 unspecified atom stereocenters. The lowest BCUT2D eigenvalue weighted by molar-refractivity contribution is 0.0986. The number of para-hydroxylation sites is 1. The third-order valence-electron chi connectivity index (χ3n) is 5.59. The van der Waals surface area contributed by atoms with Crippen molar-refractivity contribution in [3.63, 3.8) is 0 Å². The van der Waals surface area contributed by atoms with Crippen LogP contribution in [0.1, 0.15) is 36.2 Å². The number of fused-ring (bicyclic) bond motifs is 1. The van der Waals surface area contributed by atoms with E-state index in [0.717, 1.165) is 36.4 Å². The lowest BCUT2D eigenvalue weighted by Gasteiger charge is -2.25. The van der Waals surface area contributed by atoms with Gasteiger partial charge >= 0.3 is 0 Å². The highest BCUT2D eigenvalue weighted by Gasteiger charge is 2.22. The fraction of sp³-hybridized carbons (Fsp3) is 0.346. The van der Waals surface area contributed by atoms with E-state index >= 15 is 0 Å². The SMILES string of the molecule is CC(C)Nc1nccc(N(CCCN(C)c2ccccc2)C(=O)c2ccc3c(c2)CCO3)n1. The molecule has 4 rings (SSSR count). The molecule has 1 aliphatic rings. The summed E-state index contributed by atoms with van der Waals surface area (Å²) >= 11 is 0. The third kappa shape index (κ3) is 5.61. The van der Waals surface area contributed by atoms with Crippen LogP contribution in [0.4, 0.5) is 17.5 Å². The number of rotatable bonds is 9. The summed E-state index contributed by atoms with van der Waals surface area (Å²) in [4.78, 5) is 26.5. The lowest BCUT2D eigenvalue weighted by Crippen LogP contribution is -2.35. The first kappa shape index (κ1) is 22.6. The summed E-state index contributed by atoms with van der Waals surface area (Å²) in [5.41, 5.74) is 2.88. The van der Waals surface area contributed by atoms with Crippen LogP contribution in [-0.4, -0.2) is 48.7 Å². The van der Waals surface area contributed by atoms with E-state index in [4.69, 9.17) is 4.74 Å². The monoisotopic (exact) mass is 445 g/mol. The molecule has 0 atom stereocenters.